The van der Waals surface area contributed by atoms with Gasteiger partial charge in [-0.2, -0.15) is 0 Å². The summed E-state index contributed by atoms with van der Waals surface area (Å²) in [6, 6.07) is 0. The molecule has 0 aliphatic rings. The summed E-state index contributed by atoms with van der Waals surface area (Å²) in [5, 5.41) is 10.5. The molecule has 498 valence electrons. The van der Waals surface area contributed by atoms with Crippen LogP contribution in [-0.2, 0) is 65.4 Å². The van der Waals surface area contributed by atoms with Crippen LogP contribution in [0.4, 0.5) is 0 Å². The molecule has 0 radical (unpaired) electrons. The zero-order valence-electron chi connectivity index (χ0n) is 54.0. The lowest BCUT2D eigenvalue weighted by Gasteiger charge is -2.21. The van der Waals surface area contributed by atoms with E-state index in [1.54, 1.807) is 0 Å². The quantitative estimate of drug-likeness (QED) is 0.0222. The van der Waals surface area contributed by atoms with Crippen molar-refractivity contribution < 1.29 is 80.2 Å². The Morgan fingerprint density at radius 1 is 0.321 bits per heavy atom. The first-order valence-electron chi connectivity index (χ1n) is 34.1. The number of unbranched alkanes of at least 4 members (excludes halogenated alkanes) is 37. The van der Waals surface area contributed by atoms with Crippen LogP contribution in [0.15, 0.2) is 0 Å². The monoisotopic (exact) mass is 1240 g/mol. The third-order valence-electron chi connectivity index (χ3n) is 15.0. The molecule has 0 bridgehead atoms. The minimum Gasteiger partial charge on any atom is -0.462 e. The number of esters is 4. The number of hydrogen-bond donors (Lipinski definition) is 3. The Bertz CT molecular complexity index is 1640. The summed E-state index contributed by atoms with van der Waals surface area (Å²) in [6.45, 7) is 7.13. The van der Waals surface area contributed by atoms with Gasteiger partial charge < -0.3 is 33.8 Å². The van der Waals surface area contributed by atoms with E-state index in [2.05, 4.69) is 34.6 Å². The molecule has 84 heavy (non-hydrogen) atoms. The van der Waals surface area contributed by atoms with Gasteiger partial charge in [-0.25, -0.2) is 9.13 Å². The van der Waals surface area contributed by atoms with Gasteiger partial charge in [0.25, 0.3) is 0 Å². The predicted molar refractivity (Wildman–Crippen MR) is 335 cm³/mol. The van der Waals surface area contributed by atoms with Crippen LogP contribution in [0.25, 0.3) is 0 Å². The Kier molecular flexibility index (Phi) is 57.4. The van der Waals surface area contributed by atoms with Crippen LogP contribution in [0.1, 0.15) is 330 Å². The Labute approximate surface area is 511 Å². The van der Waals surface area contributed by atoms with Gasteiger partial charge in [0.2, 0.25) is 0 Å². The number of aliphatic hydroxyl groups is 1. The molecule has 17 nitrogen and oxygen atoms in total. The molecule has 0 heterocycles. The standard InChI is InChI=1S/C65H126O17P2/c1-6-9-12-15-18-21-23-24-25-26-27-30-35-41-46-51-65(70)82-61(55-76-63(68)49-44-39-36-31-32-37-42-47-58(4)5)57-80-84(73,74)78-53-59(66)52-77-83(71,72)79-56-60(54-75-62(67)48-43-38-33-28-20-17-14-11-8-3)81-64(69)50-45-40-34-29-22-19-16-13-10-7-2/h58-61,66H,6-57H2,1-5H3,(H,71,72)(H,73,74)/t59-,60+,61+/m0/s1. The van der Waals surface area contributed by atoms with Crippen molar-refractivity contribution in [2.75, 3.05) is 39.6 Å². The van der Waals surface area contributed by atoms with E-state index in [1.807, 2.05) is 0 Å². The molecule has 0 fully saturated rings. The van der Waals surface area contributed by atoms with E-state index in [1.165, 1.54) is 148 Å². The van der Waals surface area contributed by atoms with Gasteiger partial charge in [0.15, 0.2) is 12.2 Å². The van der Waals surface area contributed by atoms with Crippen molar-refractivity contribution in [1.82, 2.24) is 0 Å². The number of aliphatic hydroxyl groups excluding tert-OH is 1. The summed E-state index contributed by atoms with van der Waals surface area (Å²) < 4.78 is 68.0. The Morgan fingerprint density at radius 3 is 0.810 bits per heavy atom. The van der Waals surface area contributed by atoms with Crippen LogP contribution in [0.3, 0.4) is 0 Å². The van der Waals surface area contributed by atoms with Gasteiger partial charge in [-0.15, -0.1) is 0 Å². The lowest BCUT2D eigenvalue weighted by atomic mass is 10.0. The fourth-order valence-electron chi connectivity index (χ4n) is 9.76. The van der Waals surface area contributed by atoms with Crippen LogP contribution >= 0.6 is 15.6 Å². The summed E-state index contributed by atoms with van der Waals surface area (Å²) in [4.78, 5) is 72.2. The summed E-state index contributed by atoms with van der Waals surface area (Å²) in [5.41, 5.74) is 0. The highest BCUT2D eigenvalue weighted by Crippen LogP contribution is 2.45. The second-order valence-corrected chi connectivity index (χ2v) is 26.9. The lowest BCUT2D eigenvalue weighted by molar-refractivity contribution is -0.161. The zero-order chi connectivity index (χ0) is 62.0. The first kappa shape index (κ1) is 82.1. The third-order valence-corrected chi connectivity index (χ3v) is 16.9. The number of hydrogen-bond acceptors (Lipinski definition) is 15. The minimum absolute atomic E-state index is 0.106. The van der Waals surface area contributed by atoms with Crippen LogP contribution in [0, 0.1) is 5.92 Å². The van der Waals surface area contributed by atoms with E-state index in [4.69, 9.17) is 37.0 Å². The van der Waals surface area contributed by atoms with Crippen molar-refractivity contribution in [2.45, 2.75) is 348 Å². The van der Waals surface area contributed by atoms with Crippen LogP contribution in [-0.4, -0.2) is 96.7 Å². The number of phosphoric ester groups is 2. The molecule has 0 aromatic heterocycles. The van der Waals surface area contributed by atoms with Gasteiger partial charge in [-0.05, 0) is 31.6 Å². The van der Waals surface area contributed by atoms with Crippen molar-refractivity contribution in [3.8, 4) is 0 Å². The van der Waals surface area contributed by atoms with E-state index in [0.29, 0.717) is 31.6 Å². The molecular formula is C65H126O17P2. The first-order valence-corrected chi connectivity index (χ1v) is 37.1. The molecule has 19 heteroatoms. The first-order chi connectivity index (χ1) is 40.5. The molecule has 0 aromatic rings. The predicted octanol–water partition coefficient (Wildman–Crippen LogP) is 18.2. The smallest absolute Gasteiger partial charge is 0.462 e. The number of carbonyl (C=O) groups excluding carboxylic acids is 4. The average Bonchev–Trinajstić information content (AvgIpc) is 3.60. The molecule has 0 rings (SSSR count). The fraction of sp³-hybridized carbons (Fsp3) is 0.938. The minimum atomic E-state index is -4.94. The van der Waals surface area contributed by atoms with E-state index in [0.717, 1.165) is 96.3 Å². The molecular weight excluding hydrogens is 1110 g/mol. The number of phosphoric acid groups is 2. The van der Waals surface area contributed by atoms with Gasteiger partial charge in [-0.3, -0.25) is 37.3 Å². The van der Waals surface area contributed by atoms with Crippen molar-refractivity contribution in [2.24, 2.45) is 5.92 Å². The zero-order valence-corrected chi connectivity index (χ0v) is 55.8. The Balaban J connectivity index is 5.22. The molecule has 0 aromatic carbocycles. The summed E-state index contributed by atoms with van der Waals surface area (Å²) in [5.74, 6) is -1.43. The van der Waals surface area contributed by atoms with Gasteiger partial charge >= 0.3 is 39.5 Å². The molecule has 2 unspecified atom stereocenters. The number of rotatable bonds is 65. The number of carbonyl (C=O) groups is 4. The van der Waals surface area contributed by atoms with Gasteiger partial charge in [0, 0.05) is 25.7 Å². The SMILES string of the molecule is CCCCCCCCCCCCCCCCCC(=O)O[C@H](COC(=O)CCCCCCCCCC(C)C)COP(=O)(O)OC[C@@H](O)COP(=O)(O)OC[C@@H](COC(=O)CCCCCCCCCCC)OC(=O)CCCCCCCCCCCC. The topological polar surface area (TPSA) is 237 Å². The fourth-order valence-corrected chi connectivity index (χ4v) is 11.3. The normalized spacial score (nSPS) is 14.2. The van der Waals surface area contributed by atoms with Gasteiger partial charge in [-0.1, -0.05) is 279 Å². The van der Waals surface area contributed by atoms with Crippen LogP contribution < -0.4 is 0 Å². The molecule has 0 aliphatic heterocycles. The van der Waals surface area contributed by atoms with Crippen molar-refractivity contribution in [3.63, 3.8) is 0 Å². The van der Waals surface area contributed by atoms with Crippen molar-refractivity contribution in [1.29, 1.82) is 0 Å². The molecule has 3 N–H and O–H groups in total. The van der Waals surface area contributed by atoms with Crippen molar-refractivity contribution in [3.05, 3.63) is 0 Å². The van der Waals surface area contributed by atoms with E-state index < -0.39 is 97.5 Å². The molecule has 5 atom stereocenters. The summed E-state index contributed by atoms with van der Waals surface area (Å²) in [6.07, 6.45) is 43.1. The molecule has 0 saturated carbocycles. The maximum atomic E-state index is 13.0. The third kappa shape index (κ3) is 59.0. The average molecular weight is 1240 g/mol. The highest BCUT2D eigenvalue weighted by atomic mass is 31.2. The number of ether oxygens (including phenoxy) is 4. The Morgan fingerprint density at radius 2 is 0.548 bits per heavy atom. The summed E-state index contributed by atoms with van der Waals surface area (Å²) >= 11 is 0. The van der Waals surface area contributed by atoms with E-state index in [9.17, 15) is 43.2 Å². The molecule has 0 saturated heterocycles. The molecule has 0 spiro atoms. The maximum absolute atomic E-state index is 13.0. The second kappa shape index (κ2) is 58.7. The van der Waals surface area contributed by atoms with Crippen molar-refractivity contribution >= 4 is 39.5 Å². The van der Waals surface area contributed by atoms with E-state index in [-0.39, 0.29) is 25.7 Å². The largest absolute Gasteiger partial charge is 0.472 e. The van der Waals surface area contributed by atoms with E-state index >= 15 is 0 Å². The highest BCUT2D eigenvalue weighted by molar-refractivity contribution is 7.47. The maximum Gasteiger partial charge on any atom is 0.472 e. The highest BCUT2D eigenvalue weighted by Gasteiger charge is 2.30. The van der Waals surface area contributed by atoms with Crippen LogP contribution in [0.5, 0.6) is 0 Å². The second-order valence-electron chi connectivity index (χ2n) is 24.0. The summed E-state index contributed by atoms with van der Waals surface area (Å²) in [7, 11) is -9.88. The van der Waals surface area contributed by atoms with Crippen LogP contribution in [0.2, 0.25) is 0 Å². The van der Waals surface area contributed by atoms with Gasteiger partial charge in [0.05, 0.1) is 26.4 Å². The van der Waals surface area contributed by atoms with Gasteiger partial charge in [0.1, 0.15) is 19.3 Å². The Hall–Kier alpha value is -1.94. The molecule has 0 amide bonds. The molecule has 0 aliphatic carbocycles. The lowest BCUT2D eigenvalue weighted by Crippen LogP contribution is -2.30.